The van der Waals surface area contributed by atoms with Crippen LogP contribution in [0.2, 0.25) is 0 Å². The van der Waals surface area contributed by atoms with E-state index in [4.69, 9.17) is 0 Å². The third-order valence-electron chi connectivity index (χ3n) is 1.36. The molecule has 60 valence electrons. The molecule has 0 aromatic rings. The van der Waals surface area contributed by atoms with Crippen molar-refractivity contribution in [3.63, 3.8) is 0 Å². The summed E-state index contributed by atoms with van der Waals surface area (Å²) in [5.74, 6) is 0.367. The van der Waals surface area contributed by atoms with Gasteiger partial charge in [0, 0.05) is 5.75 Å². The Bertz CT molecular complexity index is 202. The average Bonchev–Trinajstić information content (AvgIpc) is 1.87. The molecule has 0 saturated heterocycles. The van der Waals surface area contributed by atoms with Crippen LogP contribution in [0, 0.1) is 0 Å². The van der Waals surface area contributed by atoms with Crippen molar-refractivity contribution in [2.24, 2.45) is 0 Å². The third kappa shape index (κ3) is 3.67. The number of hydrogen-bond donors (Lipinski definition) is 0. The molecule has 0 radical (unpaired) electrons. The van der Waals surface area contributed by atoms with Crippen LogP contribution in [-0.2, 0) is 9.84 Å². The second-order valence-corrected chi connectivity index (χ2v) is 4.63. The summed E-state index contributed by atoms with van der Waals surface area (Å²) in [6, 6.07) is 0. The normalized spacial score (nSPS) is 11.4. The van der Waals surface area contributed by atoms with Gasteiger partial charge in [0.25, 0.3) is 0 Å². The first-order valence-electron chi connectivity index (χ1n) is 3.39. The molecular weight excluding hydrogens is 148 g/mol. The molecule has 0 spiro atoms. The summed E-state index contributed by atoms with van der Waals surface area (Å²) in [7, 11) is -2.83. The van der Waals surface area contributed by atoms with Gasteiger partial charge in [0.15, 0.2) is 9.84 Å². The Morgan fingerprint density at radius 1 is 1.40 bits per heavy atom. The van der Waals surface area contributed by atoms with Crippen LogP contribution in [0.1, 0.15) is 20.3 Å². The second-order valence-electron chi connectivity index (χ2n) is 2.28. The van der Waals surface area contributed by atoms with E-state index in [1.54, 1.807) is 6.92 Å². The Kier molecular flexibility index (Phi) is 3.64. The van der Waals surface area contributed by atoms with Gasteiger partial charge in [-0.15, -0.1) is 0 Å². The fraction of sp³-hybridized carbons (Fsp3) is 0.714. The summed E-state index contributed by atoms with van der Waals surface area (Å²) in [6.45, 7) is 7.19. The molecule has 3 heteroatoms. The summed E-state index contributed by atoms with van der Waals surface area (Å²) in [6.07, 6.45) is 0.749. The van der Waals surface area contributed by atoms with E-state index in [0.29, 0.717) is 0 Å². The van der Waals surface area contributed by atoms with Gasteiger partial charge in [-0.2, -0.15) is 0 Å². The molecule has 0 aliphatic rings. The zero-order valence-electron chi connectivity index (χ0n) is 6.55. The minimum Gasteiger partial charge on any atom is -0.229 e. The molecule has 0 fully saturated rings. The summed E-state index contributed by atoms with van der Waals surface area (Å²) in [4.78, 5) is 0. The summed E-state index contributed by atoms with van der Waals surface area (Å²) >= 11 is 0. The van der Waals surface area contributed by atoms with Gasteiger partial charge in [-0.1, -0.05) is 26.0 Å². The van der Waals surface area contributed by atoms with Crippen molar-refractivity contribution in [2.75, 3.05) is 11.5 Å². The van der Waals surface area contributed by atoms with Crippen LogP contribution in [0.3, 0.4) is 0 Å². The van der Waals surface area contributed by atoms with Crippen molar-refractivity contribution in [1.82, 2.24) is 0 Å². The first-order chi connectivity index (χ1) is 4.52. The zero-order valence-corrected chi connectivity index (χ0v) is 7.37. The van der Waals surface area contributed by atoms with Crippen LogP contribution in [0.15, 0.2) is 12.2 Å². The number of hydrogen-bond acceptors (Lipinski definition) is 2. The predicted molar refractivity (Wildman–Crippen MR) is 43.8 cm³/mol. The van der Waals surface area contributed by atoms with Gasteiger partial charge >= 0.3 is 0 Å². The van der Waals surface area contributed by atoms with E-state index in [0.717, 1.165) is 12.0 Å². The smallest absolute Gasteiger partial charge is 0.153 e. The maximum absolute atomic E-state index is 10.9. The van der Waals surface area contributed by atoms with E-state index in [2.05, 4.69) is 6.58 Å². The Hall–Kier alpha value is -0.310. The highest BCUT2D eigenvalue weighted by atomic mass is 32.2. The van der Waals surface area contributed by atoms with Crippen LogP contribution in [0.25, 0.3) is 0 Å². The highest BCUT2D eigenvalue weighted by Crippen LogP contribution is 2.01. The SMILES string of the molecule is C=C(CC)CS(=O)(=O)CC. The lowest BCUT2D eigenvalue weighted by Gasteiger charge is -2.00. The van der Waals surface area contributed by atoms with Gasteiger partial charge in [0.05, 0.1) is 5.75 Å². The molecule has 0 aromatic carbocycles. The Morgan fingerprint density at radius 3 is 2.20 bits per heavy atom. The van der Waals surface area contributed by atoms with E-state index in [1.807, 2.05) is 6.92 Å². The van der Waals surface area contributed by atoms with Crippen LogP contribution in [0.4, 0.5) is 0 Å². The van der Waals surface area contributed by atoms with Gasteiger partial charge in [-0.25, -0.2) is 8.42 Å². The summed E-state index contributed by atoms with van der Waals surface area (Å²) in [5, 5.41) is 0. The molecule has 0 atom stereocenters. The van der Waals surface area contributed by atoms with Crippen molar-refractivity contribution >= 4 is 9.84 Å². The van der Waals surface area contributed by atoms with E-state index in [9.17, 15) is 8.42 Å². The van der Waals surface area contributed by atoms with Crippen molar-refractivity contribution in [2.45, 2.75) is 20.3 Å². The monoisotopic (exact) mass is 162 g/mol. The largest absolute Gasteiger partial charge is 0.229 e. The molecule has 0 N–H and O–H groups in total. The quantitative estimate of drug-likeness (QED) is 0.585. The lowest BCUT2D eigenvalue weighted by molar-refractivity contribution is 0.599. The minimum absolute atomic E-state index is 0.153. The van der Waals surface area contributed by atoms with E-state index >= 15 is 0 Å². The summed E-state index contributed by atoms with van der Waals surface area (Å²) < 4.78 is 21.8. The number of rotatable bonds is 4. The standard InChI is InChI=1S/C7H14O2S/c1-4-7(3)6-10(8,9)5-2/h3-6H2,1-2H3. The van der Waals surface area contributed by atoms with Gasteiger partial charge in [-0.3, -0.25) is 0 Å². The van der Waals surface area contributed by atoms with Crippen LogP contribution in [-0.4, -0.2) is 19.9 Å². The zero-order chi connectivity index (χ0) is 8.20. The maximum Gasteiger partial charge on any atom is 0.153 e. The molecule has 0 aliphatic carbocycles. The van der Waals surface area contributed by atoms with Crippen molar-refractivity contribution in [3.05, 3.63) is 12.2 Å². The van der Waals surface area contributed by atoms with E-state index < -0.39 is 9.84 Å². The molecular formula is C7H14O2S. The Balaban J connectivity index is 4.03. The first-order valence-corrected chi connectivity index (χ1v) is 5.21. The second kappa shape index (κ2) is 3.76. The fourth-order valence-corrected chi connectivity index (χ4v) is 1.55. The predicted octanol–water partition coefficient (Wildman–Crippen LogP) is 1.39. The highest BCUT2D eigenvalue weighted by Gasteiger charge is 2.07. The lowest BCUT2D eigenvalue weighted by Crippen LogP contribution is -2.09. The average molecular weight is 162 g/mol. The molecule has 0 rings (SSSR count). The van der Waals surface area contributed by atoms with Crippen LogP contribution in [0.5, 0.6) is 0 Å². The van der Waals surface area contributed by atoms with Crippen molar-refractivity contribution < 1.29 is 8.42 Å². The molecule has 0 aromatic heterocycles. The van der Waals surface area contributed by atoms with E-state index in [-0.39, 0.29) is 11.5 Å². The van der Waals surface area contributed by atoms with Gasteiger partial charge in [-0.05, 0) is 6.42 Å². The first kappa shape index (κ1) is 9.69. The van der Waals surface area contributed by atoms with Gasteiger partial charge < -0.3 is 0 Å². The topological polar surface area (TPSA) is 34.1 Å². The van der Waals surface area contributed by atoms with Crippen molar-refractivity contribution in [1.29, 1.82) is 0 Å². The molecule has 0 unspecified atom stereocenters. The molecule has 0 amide bonds. The van der Waals surface area contributed by atoms with E-state index in [1.165, 1.54) is 0 Å². The molecule has 0 bridgehead atoms. The molecule has 0 aliphatic heterocycles. The molecule has 0 heterocycles. The molecule has 2 nitrogen and oxygen atoms in total. The van der Waals surface area contributed by atoms with Gasteiger partial charge in [0.2, 0.25) is 0 Å². The van der Waals surface area contributed by atoms with Gasteiger partial charge in [0.1, 0.15) is 0 Å². The fourth-order valence-electron chi connectivity index (χ4n) is 0.515. The summed E-state index contributed by atoms with van der Waals surface area (Å²) in [5.41, 5.74) is 0.793. The van der Waals surface area contributed by atoms with Crippen molar-refractivity contribution in [3.8, 4) is 0 Å². The molecule has 0 saturated carbocycles. The highest BCUT2D eigenvalue weighted by molar-refractivity contribution is 7.91. The minimum atomic E-state index is -2.83. The van der Waals surface area contributed by atoms with Crippen LogP contribution < -0.4 is 0 Å². The number of sulfone groups is 1. The third-order valence-corrected chi connectivity index (χ3v) is 3.09. The van der Waals surface area contributed by atoms with Crippen LogP contribution >= 0.6 is 0 Å². The maximum atomic E-state index is 10.9. The Labute approximate surface area is 62.9 Å². The lowest BCUT2D eigenvalue weighted by atomic mass is 10.3. The molecule has 10 heavy (non-hydrogen) atoms. The Morgan fingerprint density at radius 2 is 1.90 bits per heavy atom.